The van der Waals surface area contributed by atoms with Crippen molar-refractivity contribution in [2.24, 2.45) is 0 Å². The van der Waals surface area contributed by atoms with Crippen LogP contribution in [0.15, 0.2) is 78.9 Å². The topological polar surface area (TPSA) is 3.24 Å². The van der Waals surface area contributed by atoms with Crippen LogP contribution >= 0.6 is 0 Å². The second-order valence-electron chi connectivity index (χ2n) is 5.56. The molecule has 1 aliphatic heterocycles. The quantitative estimate of drug-likeness (QED) is 0.485. The molecule has 3 aromatic carbocycles. The van der Waals surface area contributed by atoms with E-state index in [2.05, 4.69) is 83.8 Å². The molecule has 1 aliphatic rings. The normalized spacial score (nSPS) is 13.7. The van der Waals surface area contributed by atoms with Gasteiger partial charge in [-0.3, -0.25) is 0 Å². The molecule has 0 saturated heterocycles. The molecule has 3 aromatic rings. The molecule has 1 nitrogen and oxygen atoms in total. The van der Waals surface area contributed by atoms with Gasteiger partial charge in [-0.2, -0.15) is 0 Å². The van der Waals surface area contributed by atoms with E-state index >= 15 is 0 Å². The van der Waals surface area contributed by atoms with Gasteiger partial charge in [-0.1, -0.05) is 0 Å². The van der Waals surface area contributed by atoms with Crippen LogP contribution in [0.4, 0.5) is 5.69 Å². The molecule has 2 radical (unpaired) electrons. The Balaban J connectivity index is 1.82. The zero-order valence-electron chi connectivity index (χ0n) is 12.3. The number of fused-ring (bicyclic) bond motifs is 2. The Morgan fingerprint density at radius 3 is 1.68 bits per heavy atom. The van der Waals surface area contributed by atoms with Crippen LogP contribution in [0.1, 0.15) is 11.1 Å². The van der Waals surface area contributed by atoms with Gasteiger partial charge in [0.05, 0.1) is 0 Å². The zero-order valence-corrected chi connectivity index (χ0v) is 15.8. The van der Waals surface area contributed by atoms with Crippen LogP contribution in [-0.4, -0.2) is 23.2 Å². The van der Waals surface area contributed by atoms with E-state index in [0.29, 0.717) is 0 Å². The van der Waals surface area contributed by atoms with Gasteiger partial charge >= 0.3 is 143 Å². The van der Waals surface area contributed by atoms with E-state index in [1.807, 2.05) is 0 Å². The molecule has 1 heterocycles. The molecule has 106 valence electrons. The summed E-state index contributed by atoms with van der Waals surface area (Å²) < 4.78 is 3.24. The van der Waals surface area contributed by atoms with E-state index in [0.717, 1.165) is 13.1 Å². The molecule has 0 atom stereocenters. The molecule has 0 amide bonds. The van der Waals surface area contributed by atoms with Crippen molar-refractivity contribution in [2.45, 2.75) is 13.1 Å². The average Bonchev–Trinajstić information content (AvgIpc) is 2.56. The molecule has 0 spiro atoms. The first-order chi connectivity index (χ1) is 10.9. The number of nitrogens with zero attached hydrogens (tertiary/aromatic N) is 1. The Hall–Kier alpha value is -1.66. The fraction of sp³-hybridized carbons (Fsp3) is 0.100. The first kappa shape index (κ1) is 14.0. The van der Waals surface area contributed by atoms with Gasteiger partial charge in [0.2, 0.25) is 0 Å². The van der Waals surface area contributed by atoms with Crippen molar-refractivity contribution in [2.75, 3.05) is 4.90 Å². The molecule has 0 unspecified atom stereocenters. The van der Waals surface area contributed by atoms with Crippen LogP contribution in [0.3, 0.4) is 0 Å². The Bertz CT molecular complexity index is 735. The van der Waals surface area contributed by atoms with Gasteiger partial charge in [-0.25, -0.2) is 0 Å². The van der Waals surface area contributed by atoms with E-state index in [4.69, 9.17) is 0 Å². The van der Waals surface area contributed by atoms with Crippen LogP contribution in [0.25, 0.3) is 0 Å². The van der Waals surface area contributed by atoms with Gasteiger partial charge in [0, 0.05) is 0 Å². The van der Waals surface area contributed by atoms with Gasteiger partial charge in [-0.15, -0.1) is 0 Å². The van der Waals surface area contributed by atoms with Crippen molar-refractivity contribution in [3.63, 3.8) is 0 Å². The minimum absolute atomic E-state index is 0.806. The third kappa shape index (κ3) is 2.81. The Kier molecular flexibility index (Phi) is 3.95. The number of hydrogen-bond acceptors (Lipinski definition) is 1. The van der Waals surface area contributed by atoms with Gasteiger partial charge in [0.1, 0.15) is 0 Å². The maximum absolute atomic E-state index is 2.50. The third-order valence-corrected chi connectivity index (χ3v) is 9.33. The van der Waals surface area contributed by atoms with Gasteiger partial charge in [0.15, 0.2) is 0 Å². The molecule has 0 saturated carbocycles. The molecular weight excluding hydrogens is 463 g/mol. The summed E-state index contributed by atoms with van der Waals surface area (Å²) in [6.07, 6.45) is 0. The summed E-state index contributed by atoms with van der Waals surface area (Å²) >= 11 is -0.806. The molecule has 2 heteroatoms. The molecule has 0 aliphatic carbocycles. The van der Waals surface area contributed by atoms with E-state index in [9.17, 15) is 0 Å². The summed E-state index contributed by atoms with van der Waals surface area (Å²) in [5.41, 5.74) is 4.33. The molecule has 22 heavy (non-hydrogen) atoms. The number of para-hydroxylation sites is 1. The Labute approximate surface area is 143 Å². The fourth-order valence-corrected chi connectivity index (χ4v) is 7.43. The molecule has 4 rings (SSSR count). The SMILES string of the molecule is c1ccc(N2Cc3cccc[c]3[Bi+][c]3ccccc3C2)cc1. The summed E-state index contributed by atoms with van der Waals surface area (Å²) in [6, 6.07) is 28.8. The standard InChI is InChI=1S/C20H17N.Bi/c1-4-10-18(11-5-1)16-21(20-14-8-3-9-15-20)17-19-12-6-2-7-13-19;/h1-10,12,14-15H,16-17H2;/q;+1. The maximum atomic E-state index is 2.50. The summed E-state index contributed by atoms with van der Waals surface area (Å²) in [4.78, 5) is 2.50. The van der Waals surface area contributed by atoms with Crippen molar-refractivity contribution in [1.82, 2.24) is 0 Å². The monoisotopic (exact) mass is 480 g/mol. The molecule has 0 aromatic heterocycles. The van der Waals surface area contributed by atoms with Crippen LogP contribution in [0, 0.1) is 0 Å². The van der Waals surface area contributed by atoms with Crippen LogP contribution in [0.5, 0.6) is 0 Å². The average molecular weight is 480 g/mol. The third-order valence-electron chi connectivity index (χ3n) is 4.07. The van der Waals surface area contributed by atoms with E-state index in [-0.39, 0.29) is 0 Å². The van der Waals surface area contributed by atoms with Gasteiger partial charge in [-0.05, 0) is 0 Å². The summed E-state index contributed by atoms with van der Waals surface area (Å²) in [6.45, 7) is 2.02. The van der Waals surface area contributed by atoms with Gasteiger partial charge < -0.3 is 0 Å². The van der Waals surface area contributed by atoms with Crippen molar-refractivity contribution in [3.05, 3.63) is 90.0 Å². The molecular formula is C20H17BiN+. The predicted molar refractivity (Wildman–Crippen MR) is 94.2 cm³/mol. The second-order valence-corrected chi connectivity index (χ2v) is 10.2. The number of hydrogen-bond donors (Lipinski definition) is 0. The molecule has 0 N–H and O–H groups in total. The van der Waals surface area contributed by atoms with Crippen molar-refractivity contribution in [3.8, 4) is 0 Å². The van der Waals surface area contributed by atoms with E-state index in [1.165, 1.54) is 16.8 Å². The van der Waals surface area contributed by atoms with Gasteiger partial charge in [0.25, 0.3) is 0 Å². The zero-order chi connectivity index (χ0) is 14.8. The first-order valence-corrected chi connectivity index (χ1v) is 11.1. The summed E-state index contributed by atoms with van der Waals surface area (Å²) in [5.74, 6) is 0. The first-order valence-electron chi connectivity index (χ1n) is 7.58. The van der Waals surface area contributed by atoms with Crippen LogP contribution in [-0.2, 0) is 13.1 Å². The molecule has 0 bridgehead atoms. The number of benzene rings is 3. The summed E-state index contributed by atoms with van der Waals surface area (Å²) in [5, 5.41) is 0. The van der Waals surface area contributed by atoms with Crippen molar-refractivity contribution < 1.29 is 0 Å². The molecule has 0 fully saturated rings. The number of anilines is 1. The van der Waals surface area contributed by atoms with Crippen LogP contribution < -0.4 is 11.4 Å². The Morgan fingerprint density at radius 2 is 1.09 bits per heavy atom. The predicted octanol–water partition coefficient (Wildman–Crippen LogP) is 2.86. The van der Waals surface area contributed by atoms with Crippen molar-refractivity contribution >= 4 is 35.5 Å². The minimum atomic E-state index is -0.806. The van der Waals surface area contributed by atoms with E-state index in [1.54, 1.807) is 6.54 Å². The van der Waals surface area contributed by atoms with Crippen LogP contribution in [0.2, 0.25) is 0 Å². The van der Waals surface area contributed by atoms with E-state index < -0.39 is 23.2 Å². The Morgan fingerprint density at radius 1 is 0.591 bits per heavy atom. The summed E-state index contributed by atoms with van der Waals surface area (Å²) in [7, 11) is 0. The van der Waals surface area contributed by atoms with Crippen molar-refractivity contribution in [1.29, 1.82) is 0 Å². The second kappa shape index (κ2) is 6.22. The fourth-order valence-electron chi connectivity index (χ4n) is 2.93. The number of rotatable bonds is 1.